The molecular weight excluding hydrogens is 732 g/mol. The van der Waals surface area contributed by atoms with Gasteiger partial charge in [-0.25, -0.2) is 18.7 Å². The van der Waals surface area contributed by atoms with Crippen molar-refractivity contribution in [2.75, 3.05) is 58.1 Å². The van der Waals surface area contributed by atoms with Crippen LogP contribution < -0.4 is 20.4 Å². The van der Waals surface area contributed by atoms with Crippen LogP contribution >= 0.6 is 11.6 Å². The summed E-state index contributed by atoms with van der Waals surface area (Å²) in [7, 11) is -2.30. The van der Waals surface area contributed by atoms with Gasteiger partial charge in [0.25, 0.3) is 0 Å². The Kier molecular flexibility index (Phi) is 9.51. The normalized spacial score (nSPS) is 17.8. The Bertz CT molecular complexity index is 2360. The van der Waals surface area contributed by atoms with Crippen molar-refractivity contribution in [1.29, 1.82) is 0 Å². The number of benzene rings is 3. The summed E-state index contributed by atoms with van der Waals surface area (Å²) < 4.78 is 56.8. The molecule has 0 bridgehead atoms. The number of halogens is 3. The molecule has 0 saturated carbocycles. The minimum Gasteiger partial charge on any atom is -0.354 e. The Morgan fingerprint density at radius 1 is 0.692 bits per heavy atom. The molecule has 6 aromatic rings. The molecule has 12 nitrogen and oxygen atoms in total. The molecule has 3 aliphatic heterocycles. The fraction of sp³-hybridized carbons (Fsp3) is 0.229. The minimum absolute atomic E-state index is 0.0940. The van der Waals surface area contributed by atoms with Crippen molar-refractivity contribution in [2.45, 2.75) is 22.6 Å². The van der Waals surface area contributed by atoms with Crippen LogP contribution in [0.15, 0.2) is 87.1 Å². The zero-order valence-electron chi connectivity index (χ0n) is 27.4. The largest absolute Gasteiger partial charge is 0.354 e. The number of aromatic nitrogens is 5. The van der Waals surface area contributed by atoms with E-state index in [1.165, 1.54) is 24.3 Å². The highest BCUT2D eigenvalue weighted by Crippen LogP contribution is 2.34. The van der Waals surface area contributed by atoms with Crippen LogP contribution in [0.2, 0.25) is 5.28 Å². The van der Waals surface area contributed by atoms with Gasteiger partial charge in [0.1, 0.15) is 21.4 Å². The maximum atomic E-state index is 13.7. The van der Waals surface area contributed by atoms with Crippen molar-refractivity contribution in [2.24, 2.45) is 0 Å². The van der Waals surface area contributed by atoms with Gasteiger partial charge >= 0.3 is 0 Å². The predicted molar refractivity (Wildman–Crippen MR) is 197 cm³/mol. The van der Waals surface area contributed by atoms with Gasteiger partial charge in [-0.1, -0.05) is 29.4 Å². The molecule has 1 fully saturated rings. The molecule has 0 radical (unpaired) electrons. The third-order valence-corrected chi connectivity index (χ3v) is 11.8. The lowest BCUT2D eigenvalue weighted by atomic mass is 10.2. The highest BCUT2D eigenvalue weighted by atomic mass is 35.5. The lowest BCUT2D eigenvalue weighted by Gasteiger charge is -2.35. The molecule has 52 heavy (non-hydrogen) atoms. The highest BCUT2D eigenvalue weighted by Gasteiger charge is 2.30. The Morgan fingerprint density at radius 3 is 1.90 bits per heavy atom. The minimum atomic E-state index is -1.17. The van der Waals surface area contributed by atoms with Crippen LogP contribution in [0.25, 0.3) is 11.0 Å². The van der Waals surface area contributed by atoms with E-state index >= 15 is 0 Å². The van der Waals surface area contributed by atoms with Gasteiger partial charge in [-0.05, 0) is 60.1 Å². The number of rotatable bonds is 6. The molecule has 9 rings (SSSR count). The first-order valence-corrected chi connectivity index (χ1v) is 19.4. The molecule has 17 heteroatoms. The van der Waals surface area contributed by atoms with Crippen LogP contribution in [-0.4, -0.2) is 71.2 Å². The van der Waals surface area contributed by atoms with Crippen molar-refractivity contribution in [3.05, 3.63) is 101 Å². The molecule has 2 unspecified atom stereocenters. The average molecular weight is 762 g/mol. The van der Waals surface area contributed by atoms with E-state index in [1.54, 1.807) is 24.3 Å². The summed E-state index contributed by atoms with van der Waals surface area (Å²) in [5.74, 6) is 2.66. The molecular formula is C35H30ClF2N9O3S2. The van der Waals surface area contributed by atoms with Gasteiger partial charge in [0.05, 0.1) is 38.4 Å². The van der Waals surface area contributed by atoms with Crippen molar-refractivity contribution in [1.82, 2.24) is 25.1 Å². The third kappa shape index (κ3) is 7.05. The number of nitrogens with one attached hydrogen (secondary N) is 2. The van der Waals surface area contributed by atoms with Gasteiger partial charge in [-0.2, -0.15) is 9.97 Å². The number of fused-ring (bicyclic) bond motifs is 3. The molecule has 1 saturated heterocycles. The summed E-state index contributed by atoms with van der Waals surface area (Å²) in [6.45, 7) is 2.91. The van der Waals surface area contributed by atoms with Crippen LogP contribution in [0.5, 0.6) is 0 Å². The van der Waals surface area contributed by atoms with E-state index in [0.29, 0.717) is 81.9 Å². The van der Waals surface area contributed by atoms with E-state index in [-0.39, 0.29) is 16.9 Å². The number of aryl methyl sites for hydroxylation is 2. The van der Waals surface area contributed by atoms with Gasteiger partial charge in [-0.15, -0.1) is 0 Å². The Hall–Kier alpha value is -5.06. The quantitative estimate of drug-likeness (QED) is 0.188. The number of anilines is 6. The Labute approximate surface area is 306 Å². The molecule has 0 amide bonds. The summed E-state index contributed by atoms with van der Waals surface area (Å²) in [4.78, 5) is 23.1. The summed E-state index contributed by atoms with van der Waals surface area (Å²) in [5, 5.41) is 11.5. The first-order valence-electron chi connectivity index (χ1n) is 16.4. The van der Waals surface area contributed by atoms with E-state index in [2.05, 4.69) is 35.6 Å². The van der Waals surface area contributed by atoms with Gasteiger partial charge in [0.2, 0.25) is 11.2 Å². The van der Waals surface area contributed by atoms with Gasteiger partial charge < -0.3 is 25.0 Å². The standard InChI is InChI=1S/C23H21FN6O2S.C12H9ClFN3OS/c24-15-4-3-5-16(14-15)25-21-20-18(8-13-33(20)31)26-23(27-21)30-11-9-29(10-12-30)22-17-6-1-2-7-19(17)32-28-22;13-12-16-9-4-5-19(18)10(9)11(17-12)15-8-3-1-2-7(14)6-8/h1-7,14H,8-13H2,(H,25,26,27);1-3,6H,4-5H2,(H,15,16,17). The monoisotopic (exact) mass is 761 g/mol. The molecule has 3 aromatic heterocycles. The molecule has 6 heterocycles. The smallest absolute Gasteiger partial charge is 0.227 e. The molecule has 3 aliphatic rings. The molecule has 3 aromatic carbocycles. The van der Waals surface area contributed by atoms with Crippen LogP contribution in [0.3, 0.4) is 0 Å². The molecule has 266 valence electrons. The topological polar surface area (TPSA) is 142 Å². The van der Waals surface area contributed by atoms with Gasteiger partial charge in [0.15, 0.2) is 23.0 Å². The Morgan fingerprint density at radius 2 is 1.27 bits per heavy atom. The van der Waals surface area contributed by atoms with Crippen LogP contribution in [0, 0.1) is 11.6 Å². The SMILES string of the molecule is O=S1CCc2nc(Cl)nc(Nc3cccc(F)c3)c21.O=S1CCc2nc(N3CCN(c4noc5ccccc45)CC3)nc(Nc3cccc(F)c3)c21. The van der Waals surface area contributed by atoms with Crippen molar-refractivity contribution in [3.63, 3.8) is 0 Å². The van der Waals surface area contributed by atoms with E-state index in [4.69, 9.17) is 26.1 Å². The second kappa shape index (κ2) is 14.5. The first kappa shape index (κ1) is 34.0. The lowest BCUT2D eigenvalue weighted by Crippen LogP contribution is -2.47. The number of nitrogens with zero attached hydrogens (tertiary/aromatic N) is 7. The molecule has 2 N–H and O–H groups in total. The fourth-order valence-electron chi connectivity index (χ4n) is 6.29. The van der Waals surface area contributed by atoms with Gasteiger partial charge in [-0.3, -0.25) is 8.42 Å². The number of hydrogen-bond acceptors (Lipinski definition) is 12. The van der Waals surface area contributed by atoms with E-state index in [9.17, 15) is 17.2 Å². The van der Waals surface area contributed by atoms with Crippen LogP contribution in [0.4, 0.5) is 43.6 Å². The molecule has 0 spiro atoms. The highest BCUT2D eigenvalue weighted by molar-refractivity contribution is 7.85. The second-order valence-electron chi connectivity index (χ2n) is 12.1. The second-order valence-corrected chi connectivity index (χ2v) is 15.5. The first-order chi connectivity index (χ1) is 25.3. The maximum absolute atomic E-state index is 13.7. The third-order valence-electron chi connectivity index (χ3n) is 8.73. The van der Waals surface area contributed by atoms with Crippen LogP contribution in [-0.2, 0) is 34.4 Å². The zero-order chi connectivity index (χ0) is 35.8. The van der Waals surface area contributed by atoms with Crippen molar-refractivity contribution < 1.29 is 21.7 Å². The van der Waals surface area contributed by atoms with Crippen LogP contribution in [0.1, 0.15) is 11.4 Å². The summed E-state index contributed by atoms with van der Waals surface area (Å²) in [6.07, 6.45) is 1.25. The number of para-hydroxylation sites is 1. The number of piperazine rings is 1. The van der Waals surface area contributed by atoms with Crippen molar-refractivity contribution >= 4 is 78.9 Å². The molecule has 0 aliphatic carbocycles. The lowest BCUT2D eigenvalue weighted by molar-refractivity contribution is 0.452. The molecule has 2 atom stereocenters. The summed E-state index contributed by atoms with van der Waals surface area (Å²) in [6, 6.07) is 20.0. The van der Waals surface area contributed by atoms with Crippen molar-refractivity contribution in [3.8, 4) is 0 Å². The summed E-state index contributed by atoms with van der Waals surface area (Å²) in [5.41, 5.74) is 3.35. The number of hydrogen-bond donors (Lipinski definition) is 2. The average Bonchev–Trinajstić information content (AvgIpc) is 3.85. The Balaban J connectivity index is 0.000000173. The fourth-order valence-corrected chi connectivity index (χ4v) is 9.08. The van der Waals surface area contributed by atoms with E-state index in [0.717, 1.165) is 35.6 Å². The predicted octanol–water partition coefficient (Wildman–Crippen LogP) is 6.17. The summed E-state index contributed by atoms with van der Waals surface area (Å²) >= 11 is 5.84. The zero-order valence-corrected chi connectivity index (χ0v) is 29.8. The van der Waals surface area contributed by atoms with E-state index in [1.807, 2.05) is 24.3 Å². The van der Waals surface area contributed by atoms with E-state index < -0.39 is 21.6 Å². The van der Waals surface area contributed by atoms with Gasteiger partial charge in [0, 0.05) is 61.9 Å². The maximum Gasteiger partial charge on any atom is 0.227 e.